The van der Waals surface area contributed by atoms with Crippen molar-refractivity contribution in [1.29, 1.82) is 0 Å². The molecule has 1 aromatic carbocycles. The highest BCUT2D eigenvalue weighted by Crippen LogP contribution is 2.27. The smallest absolute Gasteiger partial charge is 0.329 e. The molecule has 0 aromatic heterocycles. The number of nitrogens with one attached hydrogen (secondary N) is 1. The summed E-state index contributed by atoms with van der Waals surface area (Å²) >= 11 is 6.15. The number of urea groups is 1. The molecule has 0 saturated carbocycles. The minimum atomic E-state index is -0.456. The van der Waals surface area contributed by atoms with Crippen molar-refractivity contribution >= 4 is 29.6 Å². The first-order valence-corrected chi connectivity index (χ1v) is 7.22. The lowest BCUT2D eigenvalue weighted by atomic mass is 10.2. The Bertz CT molecular complexity index is 653. The van der Waals surface area contributed by atoms with Crippen LogP contribution in [0.3, 0.4) is 0 Å². The van der Waals surface area contributed by atoms with Crippen LogP contribution >= 0.6 is 11.6 Å². The van der Waals surface area contributed by atoms with Crippen molar-refractivity contribution in [3.63, 3.8) is 0 Å². The Labute approximate surface area is 134 Å². The van der Waals surface area contributed by atoms with Gasteiger partial charge in [0, 0.05) is 6.54 Å². The summed E-state index contributed by atoms with van der Waals surface area (Å²) in [5.41, 5.74) is 0.908. The Morgan fingerprint density at radius 1 is 1.41 bits per heavy atom. The van der Waals surface area contributed by atoms with E-state index in [0.29, 0.717) is 16.3 Å². The third kappa shape index (κ3) is 3.49. The zero-order valence-electron chi connectivity index (χ0n) is 12.4. The van der Waals surface area contributed by atoms with Crippen molar-refractivity contribution in [2.24, 2.45) is 0 Å². The molecule has 0 radical (unpaired) electrons. The van der Waals surface area contributed by atoms with Crippen LogP contribution in [0.4, 0.5) is 4.79 Å². The van der Waals surface area contributed by atoms with Gasteiger partial charge in [-0.3, -0.25) is 9.69 Å². The Balaban J connectivity index is 2.23. The highest BCUT2D eigenvalue weighted by Gasteiger charge is 2.32. The van der Waals surface area contributed by atoms with Gasteiger partial charge >= 0.3 is 6.03 Å². The van der Waals surface area contributed by atoms with E-state index in [1.807, 2.05) is 13.8 Å². The largest absolute Gasteiger partial charge is 0.489 e. The summed E-state index contributed by atoms with van der Waals surface area (Å²) in [4.78, 5) is 24.8. The Morgan fingerprint density at radius 2 is 2.14 bits per heavy atom. The first-order chi connectivity index (χ1) is 10.4. The van der Waals surface area contributed by atoms with Crippen LogP contribution in [-0.4, -0.2) is 29.5 Å². The van der Waals surface area contributed by atoms with E-state index < -0.39 is 6.03 Å². The van der Waals surface area contributed by atoms with Crippen LogP contribution in [0.2, 0.25) is 5.02 Å². The van der Waals surface area contributed by atoms with Crippen molar-refractivity contribution in [1.82, 2.24) is 10.2 Å². The number of nitrogens with zero attached hydrogens (tertiary/aromatic N) is 1. The lowest BCUT2D eigenvalue weighted by molar-refractivity contribution is -0.122. The van der Waals surface area contributed by atoms with Gasteiger partial charge in [0.2, 0.25) is 0 Å². The summed E-state index contributed by atoms with van der Waals surface area (Å²) in [5.74, 6) is 0.192. The van der Waals surface area contributed by atoms with Gasteiger partial charge in [-0.25, -0.2) is 4.79 Å². The van der Waals surface area contributed by atoms with Gasteiger partial charge in [-0.05, 0) is 37.6 Å². The SMILES string of the molecule is C=CCN1C(=O)N/C(=C/c2ccc(OC(C)C)c(Cl)c2)C1=O. The molecule has 116 valence electrons. The van der Waals surface area contributed by atoms with Crippen molar-refractivity contribution in [2.75, 3.05) is 6.54 Å². The van der Waals surface area contributed by atoms with Crippen molar-refractivity contribution in [3.05, 3.63) is 47.1 Å². The van der Waals surface area contributed by atoms with Crippen molar-refractivity contribution in [2.45, 2.75) is 20.0 Å². The second kappa shape index (κ2) is 6.66. The lowest BCUT2D eigenvalue weighted by Crippen LogP contribution is -2.30. The maximum Gasteiger partial charge on any atom is 0.329 e. The molecule has 22 heavy (non-hydrogen) atoms. The van der Waals surface area contributed by atoms with E-state index in [1.54, 1.807) is 24.3 Å². The standard InChI is InChI=1S/C16H17ClN2O3/c1-4-7-19-15(20)13(18-16(19)21)9-11-5-6-14(12(17)8-11)22-10(2)3/h4-6,8-10H,1,7H2,2-3H3,(H,18,21)/b13-9+. The molecule has 5 nitrogen and oxygen atoms in total. The third-order valence-electron chi connectivity index (χ3n) is 2.90. The first-order valence-electron chi connectivity index (χ1n) is 6.84. The molecule has 1 fully saturated rings. The average Bonchev–Trinajstić information content (AvgIpc) is 2.70. The summed E-state index contributed by atoms with van der Waals surface area (Å²) < 4.78 is 5.55. The van der Waals surface area contributed by atoms with Gasteiger partial charge in [0.1, 0.15) is 11.4 Å². The van der Waals surface area contributed by atoms with Gasteiger partial charge in [-0.15, -0.1) is 6.58 Å². The molecule has 0 unspecified atom stereocenters. The van der Waals surface area contributed by atoms with Gasteiger partial charge in [0.15, 0.2) is 0 Å². The zero-order valence-corrected chi connectivity index (χ0v) is 13.2. The molecule has 0 aliphatic carbocycles. The second-order valence-electron chi connectivity index (χ2n) is 5.05. The molecule has 0 atom stereocenters. The minimum absolute atomic E-state index is 0.0184. The maximum absolute atomic E-state index is 12.1. The number of amides is 3. The van der Waals surface area contributed by atoms with Crippen LogP contribution in [0.25, 0.3) is 6.08 Å². The molecule has 2 rings (SSSR count). The molecule has 6 heteroatoms. The van der Waals surface area contributed by atoms with Crippen LogP contribution in [0.5, 0.6) is 5.75 Å². The highest BCUT2D eigenvalue weighted by molar-refractivity contribution is 6.32. The van der Waals surface area contributed by atoms with Gasteiger partial charge < -0.3 is 10.1 Å². The van der Waals surface area contributed by atoms with E-state index in [9.17, 15) is 9.59 Å². The molecular formula is C16H17ClN2O3. The fourth-order valence-electron chi connectivity index (χ4n) is 1.99. The van der Waals surface area contributed by atoms with Gasteiger partial charge in [-0.1, -0.05) is 23.7 Å². The summed E-state index contributed by atoms with van der Waals surface area (Å²) in [5, 5.41) is 2.98. The number of ether oxygens (including phenoxy) is 1. The summed E-state index contributed by atoms with van der Waals surface area (Å²) in [6.45, 7) is 7.51. The van der Waals surface area contributed by atoms with Crippen LogP contribution in [0.1, 0.15) is 19.4 Å². The average molecular weight is 321 g/mol. The monoisotopic (exact) mass is 320 g/mol. The molecule has 1 heterocycles. The van der Waals surface area contributed by atoms with E-state index in [0.717, 1.165) is 4.90 Å². The van der Waals surface area contributed by atoms with E-state index in [-0.39, 0.29) is 24.3 Å². The molecule has 1 aliphatic heterocycles. The predicted octanol–water partition coefficient (Wildman–Crippen LogP) is 3.21. The Kier molecular flexibility index (Phi) is 4.88. The molecule has 1 N–H and O–H groups in total. The fraction of sp³-hybridized carbons (Fsp3) is 0.250. The zero-order chi connectivity index (χ0) is 16.3. The van der Waals surface area contributed by atoms with E-state index in [4.69, 9.17) is 16.3 Å². The number of carbonyl (C=O) groups excluding carboxylic acids is 2. The normalized spacial score (nSPS) is 16.4. The van der Waals surface area contributed by atoms with E-state index >= 15 is 0 Å². The topological polar surface area (TPSA) is 58.6 Å². The van der Waals surface area contributed by atoms with Crippen LogP contribution in [0, 0.1) is 0 Å². The molecule has 1 saturated heterocycles. The first kappa shape index (κ1) is 16.1. The Hall–Kier alpha value is -2.27. The molecule has 1 aromatic rings. The maximum atomic E-state index is 12.1. The van der Waals surface area contributed by atoms with E-state index in [1.165, 1.54) is 6.08 Å². The number of imide groups is 1. The summed E-state index contributed by atoms with van der Waals surface area (Å²) in [6.07, 6.45) is 3.09. The Morgan fingerprint density at radius 3 is 2.73 bits per heavy atom. The van der Waals surface area contributed by atoms with Crippen LogP contribution < -0.4 is 10.1 Å². The second-order valence-corrected chi connectivity index (χ2v) is 5.46. The highest BCUT2D eigenvalue weighted by atomic mass is 35.5. The number of carbonyl (C=O) groups is 2. The quantitative estimate of drug-likeness (QED) is 0.515. The molecule has 0 spiro atoms. The summed E-state index contributed by atoms with van der Waals surface area (Å²) in [6, 6.07) is 4.73. The summed E-state index contributed by atoms with van der Waals surface area (Å²) in [7, 11) is 0. The number of hydrogen-bond acceptors (Lipinski definition) is 3. The van der Waals surface area contributed by atoms with Crippen LogP contribution in [0.15, 0.2) is 36.6 Å². The van der Waals surface area contributed by atoms with Crippen molar-refractivity contribution < 1.29 is 14.3 Å². The van der Waals surface area contributed by atoms with Crippen molar-refractivity contribution in [3.8, 4) is 5.75 Å². The number of hydrogen-bond donors (Lipinski definition) is 1. The number of benzene rings is 1. The van der Waals surface area contributed by atoms with Crippen LogP contribution in [-0.2, 0) is 4.79 Å². The van der Waals surface area contributed by atoms with Gasteiger partial charge in [0.05, 0.1) is 11.1 Å². The number of rotatable bonds is 5. The molecule has 1 aliphatic rings. The van der Waals surface area contributed by atoms with Gasteiger partial charge in [0.25, 0.3) is 5.91 Å². The molecular weight excluding hydrogens is 304 g/mol. The van der Waals surface area contributed by atoms with Gasteiger partial charge in [-0.2, -0.15) is 0 Å². The third-order valence-corrected chi connectivity index (χ3v) is 3.20. The van der Waals surface area contributed by atoms with E-state index in [2.05, 4.69) is 11.9 Å². The fourth-order valence-corrected chi connectivity index (χ4v) is 2.22. The minimum Gasteiger partial charge on any atom is -0.489 e. The number of halogens is 1. The predicted molar refractivity (Wildman–Crippen MR) is 85.6 cm³/mol. The molecule has 0 bridgehead atoms. The molecule has 3 amide bonds. The lowest BCUT2D eigenvalue weighted by Gasteiger charge is -2.11.